The number of hydrogen-bond acceptors (Lipinski definition) is 3. The van der Waals surface area contributed by atoms with Gasteiger partial charge in [0.25, 0.3) is 5.56 Å². The third-order valence-corrected chi connectivity index (χ3v) is 1.73. The first kappa shape index (κ1) is 8.96. The molecule has 1 heterocycles. The molecule has 1 aromatic rings. The third kappa shape index (κ3) is 1.72. The van der Waals surface area contributed by atoms with Gasteiger partial charge in [0.05, 0.1) is 12.1 Å². The number of aliphatic hydroxyl groups excluding tert-OH is 1. The highest BCUT2D eigenvalue weighted by atomic mass is 16.3. The topological polar surface area (TPSA) is 79.1 Å². The predicted molar refractivity (Wildman–Crippen MR) is 45.7 cm³/mol. The second-order valence-electron chi connectivity index (χ2n) is 2.72. The number of nitrogens with two attached hydrogens (primary N) is 1. The molecule has 4 N–H and O–H groups in total. The average Bonchev–Trinajstić information content (AvgIpc) is 2.04. The summed E-state index contributed by atoms with van der Waals surface area (Å²) in [6.45, 7) is 1.55. The lowest BCUT2D eigenvalue weighted by molar-refractivity contribution is 0.163. The van der Waals surface area contributed by atoms with E-state index in [2.05, 4.69) is 4.98 Å². The van der Waals surface area contributed by atoms with Gasteiger partial charge < -0.3 is 15.8 Å². The van der Waals surface area contributed by atoms with Crippen LogP contribution in [0.2, 0.25) is 0 Å². The van der Waals surface area contributed by atoms with Crippen LogP contribution in [-0.4, -0.2) is 16.2 Å². The van der Waals surface area contributed by atoms with E-state index in [1.54, 1.807) is 19.1 Å². The van der Waals surface area contributed by atoms with E-state index < -0.39 is 12.1 Å². The Balaban J connectivity index is 3.03. The van der Waals surface area contributed by atoms with Crippen molar-refractivity contribution in [2.24, 2.45) is 5.73 Å². The van der Waals surface area contributed by atoms with Gasteiger partial charge in [-0.1, -0.05) is 6.07 Å². The summed E-state index contributed by atoms with van der Waals surface area (Å²) in [5.41, 5.74) is 5.73. The summed E-state index contributed by atoms with van der Waals surface area (Å²) in [7, 11) is 0. The summed E-state index contributed by atoms with van der Waals surface area (Å²) in [5.74, 6) is 0. The lowest BCUT2D eigenvalue weighted by Gasteiger charge is -2.13. The second-order valence-corrected chi connectivity index (χ2v) is 2.72. The van der Waals surface area contributed by atoms with E-state index in [0.717, 1.165) is 0 Å². The molecule has 0 aliphatic rings. The number of aliphatic hydroxyl groups is 1. The normalized spacial score (nSPS) is 15.6. The van der Waals surface area contributed by atoms with Crippen LogP contribution in [0.15, 0.2) is 23.1 Å². The molecule has 0 amide bonds. The molecule has 0 unspecified atom stereocenters. The number of hydrogen-bond donors (Lipinski definition) is 3. The van der Waals surface area contributed by atoms with Gasteiger partial charge in [0, 0.05) is 11.8 Å². The minimum atomic E-state index is -0.714. The Kier molecular flexibility index (Phi) is 2.62. The zero-order valence-corrected chi connectivity index (χ0v) is 6.82. The Labute approximate surface area is 70.0 Å². The summed E-state index contributed by atoms with van der Waals surface area (Å²) in [6, 6.07) is 2.67. The van der Waals surface area contributed by atoms with Crippen molar-refractivity contribution in [1.29, 1.82) is 0 Å². The average molecular weight is 168 g/mol. The van der Waals surface area contributed by atoms with Crippen LogP contribution in [0.25, 0.3) is 0 Å². The number of rotatable bonds is 2. The molecule has 4 heteroatoms. The number of nitrogens with one attached hydrogen (secondary N) is 1. The molecule has 4 nitrogen and oxygen atoms in total. The SMILES string of the molecule is C[C@H](O)[C@H](N)c1ccc[nH]c1=O. The van der Waals surface area contributed by atoms with Gasteiger partial charge in [-0.3, -0.25) is 4.79 Å². The van der Waals surface area contributed by atoms with Crippen molar-refractivity contribution in [3.63, 3.8) is 0 Å². The number of aromatic amines is 1. The molecule has 0 fully saturated rings. The van der Waals surface area contributed by atoms with Crippen molar-refractivity contribution >= 4 is 0 Å². The van der Waals surface area contributed by atoms with Crippen LogP contribution in [0.3, 0.4) is 0 Å². The fourth-order valence-electron chi connectivity index (χ4n) is 0.957. The van der Waals surface area contributed by atoms with E-state index in [1.165, 1.54) is 6.20 Å². The Morgan fingerprint density at radius 3 is 2.83 bits per heavy atom. The van der Waals surface area contributed by atoms with Crippen LogP contribution >= 0.6 is 0 Å². The van der Waals surface area contributed by atoms with Gasteiger partial charge in [-0.2, -0.15) is 0 Å². The molecule has 0 spiro atoms. The Morgan fingerprint density at radius 2 is 2.33 bits per heavy atom. The van der Waals surface area contributed by atoms with Crippen LogP contribution in [0.1, 0.15) is 18.5 Å². The summed E-state index contributed by atoms with van der Waals surface area (Å²) < 4.78 is 0. The maximum Gasteiger partial charge on any atom is 0.252 e. The molecule has 0 aliphatic carbocycles. The molecule has 12 heavy (non-hydrogen) atoms. The standard InChI is InChI=1S/C8H12N2O2/c1-5(11)7(9)6-3-2-4-10-8(6)12/h2-5,7,11H,9H2,1H3,(H,10,12)/t5-,7-/m0/s1. The van der Waals surface area contributed by atoms with Crippen molar-refractivity contribution in [2.75, 3.05) is 0 Å². The number of aromatic nitrogens is 1. The van der Waals surface area contributed by atoms with Gasteiger partial charge in [-0.05, 0) is 13.0 Å². The summed E-state index contributed by atoms with van der Waals surface area (Å²) >= 11 is 0. The molecule has 1 aromatic heterocycles. The van der Waals surface area contributed by atoms with Crippen molar-refractivity contribution < 1.29 is 5.11 Å². The summed E-state index contributed by atoms with van der Waals surface area (Å²) in [5, 5.41) is 9.12. The Hall–Kier alpha value is -1.13. The highest BCUT2D eigenvalue weighted by Gasteiger charge is 2.14. The first-order valence-corrected chi connectivity index (χ1v) is 3.74. The molecule has 0 bridgehead atoms. The van der Waals surface area contributed by atoms with Gasteiger partial charge in [-0.15, -0.1) is 0 Å². The first-order chi connectivity index (χ1) is 5.63. The second kappa shape index (κ2) is 3.51. The van der Waals surface area contributed by atoms with Crippen LogP contribution < -0.4 is 11.3 Å². The minimum absolute atomic E-state index is 0.245. The molecule has 0 saturated carbocycles. The van der Waals surface area contributed by atoms with E-state index in [4.69, 9.17) is 10.8 Å². The molecule has 0 saturated heterocycles. The molecule has 1 rings (SSSR count). The third-order valence-electron chi connectivity index (χ3n) is 1.73. The zero-order valence-electron chi connectivity index (χ0n) is 6.82. The van der Waals surface area contributed by atoms with Crippen molar-refractivity contribution in [3.05, 3.63) is 34.2 Å². The fraction of sp³-hybridized carbons (Fsp3) is 0.375. The fourth-order valence-corrected chi connectivity index (χ4v) is 0.957. The van der Waals surface area contributed by atoms with E-state index >= 15 is 0 Å². The lowest BCUT2D eigenvalue weighted by atomic mass is 10.1. The van der Waals surface area contributed by atoms with Crippen molar-refractivity contribution in [3.8, 4) is 0 Å². The van der Waals surface area contributed by atoms with E-state index in [1.807, 2.05) is 0 Å². The molecule has 0 aromatic carbocycles. The number of pyridine rings is 1. The molecular formula is C8H12N2O2. The van der Waals surface area contributed by atoms with E-state index in [9.17, 15) is 4.79 Å². The summed E-state index contributed by atoms with van der Waals surface area (Å²) in [4.78, 5) is 13.6. The van der Waals surface area contributed by atoms with E-state index in [0.29, 0.717) is 5.56 Å². The zero-order chi connectivity index (χ0) is 9.14. The smallest absolute Gasteiger partial charge is 0.252 e. The largest absolute Gasteiger partial charge is 0.391 e. The van der Waals surface area contributed by atoms with Crippen LogP contribution in [0, 0.1) is 0 Å². The highest BCUT2D eigenvalue weighted by Crippen LogP contribution is 2.07. The lowest BCUT2D eigenvalue weighted by Crippen LogP contribution is -2.29. The van der Waals surface area contributed by atoms with Crippen LogP contribution in [0.5, 0.6) is 0 Å². The molecule has 66 valence electrons. The van der Waals surface area contributed by atoms with E-state index in [-0.39, 0.29) is 5.56 Å². The maximum absolute atomic E-state index is 11.1. The molecular weight excluding hydrogens is 156 g/mol. The molecule has 0 radical (unpaired) electrons. The maximum atomic E-state index is 11.1. The van der Waals surface area contributed by atoms with Gasteiger partial charge >= 0.3 is 0 Å². The summed E-state index contributed by atoms with van der Waals surface area (Å²) in [6.07, 6.45) is 0.814. The van der Waals surface area contributed by atoms with Crippen LogP contribution in [-0.2, 0) is 0 Å². The molecule has 0 aliphatic heterocycles. The van der Waals surface area contributed by atoms with Crippen molar-refractivity contribution in [2.45, 2.75) is 19.1 Å². The van der Waals surface area contributed by atoms with Crippen molar-refractivity contribution in [1.82, 2.24) is 4.98 Å². The quantitative estimate of drug-likeness (QED) is 0.570. The van der Waals surface area contributed by atoms with Gasteiger partial charge in [0.1, 0.15) is 0 Å². The Bertz CT molecular complexity index is 306. The monoisotopic (exact) mass is 168 g/mol. The van der Waals surface area contributed by atoms with Gasteiger partial charge in [-0.25, -0.2) is 0 Å². The predicted octanol–water partition coefficient (Wildman–Crippen LogP) is -0.244. The molecule has 2 atom stereocenters. The highest BCUT2D eigenvalue weighted by molar-refractivity contribution is 5.14. The van der Waals surface area contributed by atoms with Gasteiger partial charge in [0.15, 0.2) is 0 Å². The first-order valence-electron chi connectivity index (χ1n) is 3.74. The van der Waals surface area contributed by atoms with Gasteiger partial charge in [0.2, 0.25) is 0 Å². The number of H-pyrrole nitrogens is 1. The Morgan fingerprint density at radius 1 is 1.67 bits per heavy atom. The minimum Gasteiger partial charge on any atom is -0.391 e. The van der Waals surface area contributed by atoms with Crippen LogP contribution in [0.4, 0.5) is 0 Å².